The number of aromatic amines is 1. The third-order valence-electron chi connectivity index (χ3n) is 4.98. The number of alkyl halides is 3. The normalized spacial score (nSPS) is 11.7. The van der Waals surface area contributed by atoms with Crippen molar-refractivity contribution in [2.75, 3.05) is 18.8 Å². The average molecular weight is 485 g/mol. The molecule has 1 amide bonds. The predicted molar refractivity (Wildman–Crippen MR) is 120 cm³/mol. The van der Waals surface area contributed by atoms with E-state index >= 15 is 0 Å². The Morgan fingerprint density at radius 1 is 1.16 bits per heavy atom. The van der Waals surface area contributed by atoms with Crippen LogP contribution in [0.3, 0.4) is 0 Å². The second-order valence-corrected chi connectivity index (χ2v) is 8.35. The summed E-state index contributed by atoms with van der Waals surface area (Å²) in [4.78, 5) is 29.6. The van der Waals surface area contributed by atoms with Crippen molar-refractivity contribution in [1.82, 2.24) is 9.88 Å². The van der Waals surface area contributed by atoms with E-state index in [2.05, 4.69) is 4.98 Å². The Morgan fingerprint density at radius 2 is 1.84 bits per heavy atom. The van der Waals surface area contributed by atoms with Gasteiger partial charge in [0.1, 0.15) is 5.75 Å². The maximum absolute atomic E-state index is 13.4. The number of phenolic OH excluding ortho intramolecular Hbond substituents is 1. The molecule has 0 aliphatic rings. The van der Waals surface area contributed by atoms with Gasteiger partial charge in [-0.15, -0.1) is 11.8 Å². The van der Waals surface area contributed by atoms with Crippen molar-refractivity contribution in [1.29, 1.82) is 0 Å². The minimum Gasteiger partial charge on any atom is -0.507 e. The first-order valence-corrected chi connectivity index (χ1v) is 11.1. The second-order valence-electron chi connectivity index (χ2n) is 6.93. The number of nitrogens with zero attached hydrogens (tertiary/aromatic N) is 1. The average Bonchev–Trinajstić information content (AvgIpc) is 2.73. The van der Waals surface area contributed by atoms with E-state index < -0.39 is 17.3 Å². The zero-order valence-corrected chi connectivity index (χ0v) is 18.8. The van der Waals surface area contributed by atoms with Crippen LogP contribution in [-0.4, -0.2) is 39.7 Å². The van der Waals surface area contributed by atoms with Crippen LogP contribution in [0, 0.1) is 0 Å². The van der Waals surface area contributed by atoms with Crippen LogP contribution in [0.4, 0.5) is 13.2 Å². The minimum atomic E-state index is -4.61. The molecule has 0 aliphatic carbocycles. The van der Waals surface area contributed by atoms with Crippen molar-refractivity contribution in [3.05, 3.63) is 57.3 Å². The molecule has 32 heavy (non-hydrogen) atoms. The molecule has 170 valence electrons. The van der Waals surface area contributed by atoms with Crippen molar-refractivity contribution in [3.8, 4) is 16.9 Å². The molecular weight excluding hydrogens is 465 g/mol. The van der Waals surface area contributed by atoms with E-state index in [0.29, 0.717) is 13.1 Å². The monoisotopic (exact) mass is 484 g/mol. The van der Waals surface area contributed by atoms with Crippen LogP contribution in [0.2, 0.25) is 5.02 Å². The highest BCUT2D eigenvalue weighted by Crippen LogP contribution is 2.42. The number of nitrogens with one attached hydrogen (secondary N) is 1. The number of aromatic nitrogens is 1. The molecule has 0 saturated heterocycles. The molecule has 10 heteroatoms. The fourth-order valence-corrected chi connectivity index (χ4v) is 4.54. The van der Waals surface area contributed by atoms with Crippen LogP contribution in [0.1, 0.15) is 19.4 Å². The van der Waals surface area contributed by atoms with E-state index in [-0.39, 0.29) is 49.4 Å². The predicted octanol–water partition coefficient (Wildman–Crippen LogP) is 5.53. The van der Waals surface area contributed by atoms with Gasteiger partial charge in [-0.05, 0) is 50.2 Å². The Bertz CT molecular complexity index is 1220. The summed E-state index contributed by atoms with van der Waals surface area (Å²) in [6.07, 6.45) is -4.61. The number of fused-ring (bicyclic) bond motifs is 1. The van der Waals surface area contributed by atoms with E-state index in [1.54, 1.807) is 4.90 Å². The van der Waals surface area contributed by atoms with Crippen LogP contribution in [-0.2, 0) is 11.0 Å². The molecule has 0 spiro atoms. The lowest BCUT2D eigenvalue weighted by Crippen LogP contribution is -2.32. The van der Waals surface area contributed by atoms with E-state index in [1.165, 1.54) is 24.3 Å². The SMILES string of the molecule is CCN(CC)C(=O)CSc1c(-c2cc(Cl)ccc2O)c2cc(C(F)(F)F)ccc2[nH]c1=O. The Balaban J connectivity index is 2.27. The van der Waals surface area contributed by atoms with E-state index in [1.807, 2.05) is 13.8 Å². The Labute approximate surface area is 191 Å². The zero-order chi connectivity index (χ0) is 23.6. The lowest BCUT2D eigenvalue weighted by molar-refractivity contribution is -0.137. The van der Waals surface area contributed by atoms with Gasteiger partial charge in [0, 0.05) is 40.1 Å². The first kappa shape index (κ1) is 24.0. The topological polar surface area (TPSA) is 73.4 Å². The highest BCUT2D eigenvalue weighted by molar-refractivity contribution is 8.00. The lowest BCUT2D eigenvalue weighted by Gasteiger charge is -2.19. The third-order valence-corrected chi connectivity index (χ3v) is 6.29. The van der Waals surface area contributed by atoms with Gasteiger partial charge in [0.15, 0.2) is 0 Å². The van der Waals surface area contributed by atoms with Crippen molar-refractivity contribution in [2.24, 2.45) is 0 Å². The molecular formula is C22H20ClF3N2O3S. The van der Waals surface area contributed by atoms with Gasteiger partial charge >= 0.3 is 6.18 Å². The van der Waals surface area contributed by atoms with Gasteiger partial charge in [-0.3, -0.25) is 9.59 Å². The summed E-state index contributed by atoms with van der Waals surface area (Å²) in [5, 5.41) is 10.8. The first-order chi connectivity index (χ1) is 15.1. The van der Waals surface area contributed by atoms with Crippen LogP contribution in [0.15, 0.2) is 46.1 Å². The summed E-state index contributed by atoms with van der Waals surface area (Å²) in [6.45, 7) is 4.62. The quantitative estimate of drug-likeness (QED) is 0.451. The number of rotatable bonds is 6. The summed E-state index contributed by atoms with van der Waals surface area (Å²) in [5.74, 6) is -0.566. The van der Waals surface area contributed by atoms with Crippen molar-refractivity contribution in [2.45, 2.75) is 24.9 Å². The summed E-state index contributed by atoms with van der Waals surface area (Å²) in [6, 6.07) is 7.05. The molecule has 0 aliphatic heterocycles. The van der Waals surface area contributed by atoms with Crippen LogP contribution < -0.4 is 5.56 Å². The maximum Gasteiger partial charge on any atom is 0.416 e. The van der Waals surface area contributed by atoms with Crippen LogP contribution in [0.25, 0.3) is 22.0 Å². The van der Waals surface area contributed by atoms with E-state index in [0.717, 1.165) is 23.9 Å². The Hall–Kier alpha value is -2.65. The van der Waals surface area contributed by atoms with Crippen LogP contribution in [0.5, 0.6) is 5.75 Å². The van der Waals surface area contributed by atoms with E-state index in [9.17, 15) is 27.9 Å². The summed E-state index contributed by atoms with van der Waals surface area (Å²) < 4.78 is 40.2. The van der Waals surface area contributed by atoms with Crippen LogP contribution >= 0.6 is 23.4 Å². The zero-order valence-electron chi connectivity index (χ0n) is 17.2. The van der Waals surface area contributed by atoms with E-state index in [4.69, 9.17) is 11.6 Å². The number of pyridine rings is 1. The van der Waals surface area contributed by atoms with Gasteiger partial charge < -0.3 is 15.0 Å². The third kappa shape index (κ3) is 4.88. The number of hydrogen-bond acceptors (Lipinski definition) is 4. The number of amides is 1. The molecule has 1 heterocycles. The smallest absolute Gasteiger partial charge is 0.416 e. The number of H-pyrrole nitrogens is 1. The highest BCUT2D eigenvalue weighted by Gasteiger charge is 2.31. The van der Waals surface area contributed by atoms with Crippen molar-refractivity contribution < 1.29 is 23.1 Å². The minimum absolute atomic E-state index is 0.0231. The molecule has 2 N–H and O–H groups in total. The largest absolute Gasteiger partial charge is 0.507 e. The standard InChI is InChI=1S/C22H20ClF3N2O3S/c1-3-28(4-2)18(30)11-32-20-19(15-10-13(23)6-8-17(15)29)14-9-12(22(24,25)26)5-7-16(14)27-21(20)31/h5-10,29H,3-4,11H2,1-2H3,(H,27,31). The van der Waals surface area contributed by atoms with Gasteiger partial charge in [0.25, 0.3) is 5.56 Å². The first-order valence-electron chi connectivity index (χ1n) is 9.73. The van der Waals surface area contributed by atoms with Crippen molar-refractivity contribution >= 4 is 40.2 Å². The Kier molecular flexibility index (Phi) is 7.09. The number of hydrogen-bond donors (Lipinski definition) is 2. The molecule has 0 radical (unpaired) electrons. The molecule has 0 atom stereocenters. The number of carbonyl (C=O) groups excluding carboxylic acids is 1. The number of phenols is 1. The second kappa shape index (κ2) is 9.46. The van der Waals surface area contributed by atoms with Gasteiger partial charge in [0.05, 0.1) is 16.2 Å². The molecule has 0 saturated carbocycles. The van der Waals surface area contributed by atoms with Gasteiger partial charge in [0.2, 0.25) is 5.91 Å². The number of benzene rings is 2. The highest BCUT2D eigenvalue weighted by atomic mass is 35.5. The summed E-state index contributed by atoms with van der Waals surface area (Å²) in [5.41, 5.74) is -1.13. The molecule has 0 unspecified atom stereocenters. The van der Waals surface area contributed by atoms with Gasteiger partial charge in [-0.2, -0.15) is 13.2 Å². The molecule has 5 nitrogen and oxygen atoms in total. The number of aromatic hydroxyl groups is 1. The molecule has 3 aromatic rings. The number of carbonyl (C=O) groups is 1. The summed E-state index contributed by atoms with van der Waals surface area (Å²) >= 11 is 6.98. The maximum atomic E-state index is 13.4. The molecule has 1 aromatic heterocycles. The fourth-order valence-electron chi connectivity index (χ4n) is 3.37. The lowest BCUT2D eigenvalue weighted by atomic mass is 9.98. The molecule has 2 aromatic carbocycles. The Morgan fingerprint density at radius 3 is 2.47 bits per heavy atom. The molecule has 3 rings (SSSR count). The summed E-state index contributed by atoms with van der Waals surface area (Å²) in [7, 11) is 0. The molecule has 0 bridgehead atoms. The van der Waals surface area contributed by atoms with Gasteiger partial charge in [-0.25, -0.2) is 0 Å². The fraction of sp³-hybridized carbons (Fsp3) is 0.273. The molecule has 0 fully saturated rings. The van der Waals surface area contributed by atoms with Gasteiger partial charge in [-0.1, -0.05) is 11.6 Å². The number of halogens is 4. The number of thioether (sulfide) groups is 1. The van der Waals surface area contributed by atoms with Crippen molar-refractivity contribution in [3.63, 3.8) is 0 Å².